The summed E-state index contributed by atoms with van der Waals surface area (Å²) in [4.78, 5) is 17.7. The average Bonchev–Trinajstić information content (AvgIpc) is 2.79. The van der Waals surface area contributed by atoms with Crippen molar-refractivity contribution < 1.29 is 9.18 Å². The molecule has 6 rings (SSSR count). The van der Waals surface area contributed by atoms with E-state index >= 15 is 0 Å². The number of rotatable bonds is 2. The van der Waals surface area contributed by atoms with E-state index in [0.29, 0.717) is 24.4 Å². The molecule has 2 aromatic rings. The molecular weight excluding hydrogens is 379 g/mol. The van der Waals surface area contributed by atoms with E-state index in [0.717, 1.165) is 49.2 Å². The first-order valence-corrected chi connectivity index (χ1v) is 10.7. The molecule has 2 atom stereocenters. The molecule has 0 saturated carbocycles. The first kappa shape index (κ1) is 19.1. The molecule has 0 aromatic heterocycles. The molecule has 3 saturated heterocycles. The van der Waals surface area contributed by atoms with Crippen LogP contribution in [0.1, 0.15) is 41.1 Å². The van der Waals surface area contributed by atoms with Gasteiger partial charge in [0, 0.05) is 19.1 Å². The van der Waals surface area contributed by atoms with Gasteiger partial charge in [0.2, 0.25) is 0 Å². The molecule has 5 nitrogen and oxygen atoms in total. The number of nitrogens with one attached hydrogen (secondary N) is 1. The van der Waals surface area contributed by atoms with Gasteiger partial charge in [0.25, 0.3) is 0 Å². The molecule has 4 aliphatic rings. The molecule has 0 aliphatic carbocycles. The van der Waals surface area contributed by atoms with Crippen LogP contribution in [0, 0.1) is 23.1 Å². The van der Waals surface area contributed by atoms with Gasteiger partial charge in [-0.15, -0.1) is 0 Å². The highest BCUT2D eigenvalue weighted by molar-refractivity contribution is 5.76. The van der Waals surface area contributed by atoms with E-state index in [4.69, 9.17) is 0 Å². The topological polar surface area (TPSA) is 59.4 Å². The fraction of sp³-hybridized carbons (Fsp3) is 0.417. The zero-order valence-corrected chi connectivity index (χ0v) is 16.9. The van der Waals surface area contributed by atoms with Crippen molar-refractivity contribution in [1.82, 2.24) is 15.1 Å². The average molecular weight is 404 g/mol. The van der Waals surface area contributed by atoms with E-state index in [2.05, 4.69) is 16.3 Å². The maximum Gasteiger partial charge on any atom is 0.318 e. The van der Waals surface area contributed by atoms with E-state index in [-0.39, 0.29) is 23.9 Å². The highest BCUT2D eigenvalue weighted by atomic mass is 19.1. The van der Waals surface area contributed by atoms with Crippen LogP contribution >= 0.6 is 0 Å². The number of hydrogen-bond acceptors (Lipinski definition) is 3. The fourth-order valence-electron chi connectivity index (χ4n) is 5.29. The number of nitriles is 1. The van der Waals surface area contributed by atoms with E-state index in [1.165, 1.54) is 12.1 Å². The zero-order valence-electron chi connectivity index (χ0n) is 16.9. The highest BCUT2D eigenvalue weighted by Crippen LogP contribution is 2.36. The Labute approximate surface area is 176 Å². The lowest BCUT2D eigenvalue weighted by Gasteiger charge is -2.46. The number of carbonyl (C=O) groups excluding carboxylic acids is 1. The quantitative estimate of drug-likeness (QED) is 0.834. The maximum absolute atomic E-state index is 13.6. The van der Waals surface area contributed by atoms with Gasteiger partial charge in [-0.3, -0.25) is 0 Å². The Kier molecular flexibility index (Phi) is 4.92. The Bertz CT molecular complexity index is 991. The number of halogens is 1. The molecule has 154 valence electrons. The summed E-state index contributed by atoms with van der Waals surface area (Å²) in [7, 11) is 0. The van der Waals surface area contributed by atoms with Crippen molar-refractivity contribution in [2.24, 2.45) is 5.92 Å². The standard InChI is InChI=1S/C24H25FN4O/c25-20-4-2-18(3-5-20)23-21-6-1-16(14-26)13-19(21)9-12-29(23)24(30)27-22-15-28-10-7-17(22)8-11-28/h1-6,13,17,22-23H,7-12,15H2,(H,27,30)/t22?,23-/m0/s1. The molecule has 6 heteroatoms. The smallest absolute Gasteiger partial charge is 0.318 e. The number of urea groups is 1. The first-order valence-electron chi connectivity index (χ1n) is 10.7. The van der Waals surface area contributed by atoms with Crippen molar-refractivity contribution in [3.63, 3.8) is 0 Å². The van der Waals surface area contributed by atoms with E-state index in [1.807, 2.05) is 17.0 Å². The summed E-state index contributed by atoms with van der Waals surface area (Å²) in [5.74, 6) is 0.261. The van der Waals surface area contributed by atoms with Crippen LogP contribution in [-0.4, -0.2) is 48.1 Å². The van der Waals surface area contributed by atoms with Crippen LogP contribution in [0.2, 0.25) is 0 Å². The number of carbonyl (C=O) groups is 1. The lowest BCUT2D eigenvalue weighted by atomic mass is 9.84. The Morgan fingerprint density at radius 2 is 1.87 bits per heavy atom. The summed E-state index contributed by atoms with van der Waals surface area (Å²) >= 11 is 0. The van der Waals surface area contributed by atoms with Crippen LogP contribution < -0.4 is 5.32 Å². The monoisotopic (exact) mass is 404 g/mol. The summed E-state index contributed by atoms with van der Waals surface area (Å²) < 4.78 is 13.6. The minimum absolute atomic E-state index is 0.0573. The Hall–Kier alpha value is -2.91. The van der Waals surface area contributed by atoms with Crippen molar-refractivity contribution in [3.05, 3.63) is 70.5 Å². The minimum Gasteiger partial charge on any atom is -0.334 e. The van der Waals surface area contributed by atoms with Crippen LogP contribution in [0.15, 0.2) is 42.5 Å². The Morgan fingerprint density at radius 3 is 2.53 bits per heavy atom. The summed E-state index contributed by atoms with van der Waals surface area (Å²) in [6, 6.07) is 14.1. The number of amides is 2. The third-order valence-electron chi connectivity index (χ3n) is 6.91. The molecule has 1 N–H and O–H groups in total. The van der Waals surface area contributed by atoms with Crippen molar-refractivity contribution in [2.75, 3.05) is 26.2 Å². The number of hydrogen-bond donors (Lipinski definition) is 1. The van der Waals surface area contributed by atoms with Crippen LogP contribution in [0.4, 0.5) is 9.18 Å². The van der Waals surface area contributed by atoms with Crippen LogP contribution in [-0.2, 0) is 6.42 Å². The molecule has 2 amide bonds. The van der Waals surface area contributed by atoms with Crippen molar-refractivity contribution in [3.8, 4) is 6.07 Å². The number of nitrogens with zero attached hydrogens (tertiary/aromatic N) is 3. The molecule has 1 unspecified atom stereocenters. The second kappa shape index (κ2) is 7.73. The second-order valence-corrected chi connectivity index (χ2v) is 8.62. The molecule has 0 spiro atoms. The summed E-state index contributed by atoms with van der Waals surface area (Å²) in [5.41, 5.74) is 3.59. The van der Waals surface area contributed by atoms with Crippen molar-refractivity contribution >= 4 is 6.03 Å². The van der Waals surface area contributed by atoms with Gasteiger partial charge < -0.3 is 15.1 Å². The summed E-state index contributed by atoms with van der Waals surface area (Å²) in [6.07, 6.45) is 2.99. The van der Waals surface area contributed by atoms with Gasteiger partial charge in [-0.25, -0.2) is 9.18 Å². The predicted octanol–water partition coefficient (Wildman–Crippen LogP) is 3.45. The van der Waals surface area contributed by atoms with E-state index in [1.54, 1.807) is 18.2 Å². The Balaban J connectivity index is 1.46. The number of fused-ring (bicyclic) bond motifs is 4. The van der Waals surface area contributed by atoms with Gasteiger partial charge in [-0.05, 0) is 79.2 Å². The van der Waals surface area contributed by atoms with E-state index < -0.39 is 0 Å². The summed E-state index contributed by atoms with van der Waals surface area (Å²) in [6.45, 7) is 3.76. The summed E-state index contributed by atoms with van der Waals surface area (Å²) in [5, 5.41) is 12.6. The van der Waals surface area contributed by atoms with Crippen LogP contribution in [0.3, 0.4) is 0 Å². The highest BCUT2D eigenvalue weighted by Gasteiger charge is 2.38. The fourth-order valence-corrected chi connectivity index (χ4v) is 5.29. The van der Waals surface area contributed by atoms with E-state index in [9.17, 15) is 14.4 Å². The second-order valence-electron chi connectivity index (χ2n) is 8.62. The van der Waals surface area contributed by atoms with Gasteiger partial charge in [0.15, 0.2) is 0 Å². The molecule has 2 bridgehead atoms. The lowest BCUT2D eigenvalue weighted by molar-refractivity contribution is 0.0715. The molecule has 0 radical (unpaired) electrons. The van der Waals surface area contributed by atoms with Gasteiger partial charge in [-0.2, -0.15) is 5.26 Å². The van der Waals surface area contributed by atoms with Gasteiger partial charge >= 0.3 is 6.03 Å². The minimum atomic E-state index is -0.294. The third-order valence-corrected chi connectivity index (χ3v) is 6.91. The molecule has 2 aromatic carbocycles. The van der Waals surface area contributed by atoms with Crippen LogP contribution in [0.25, 0.3) is 0 Å². The van der Waals surface area contributed by atoms with Crippen molar-refractivity contribution in [2.45, 2.75) is 31.3 Å². The molecular formula is C24H25FN4O. The normalized spacial score (nSPS) is 27.3. The SMILES string of the molecule is N#Cc1ccc2c(c1)CCN(C(=O)NC1CN3CCC1CC3)[C@H]2c1ccc(F)cc1. The zero-order chi connectivity index (χ0) is 20.7. The molecule has 3 fully saturated rings. The molecule has 4 aliphatic heterocycles. The first-order chi connectivity index (χ1) is 14.6. The largest absolute Gasteiger partial charge is 0.334 e. The lowest BCUT2D eigenvalue weighted by Crippen LogP contribution is -2.59. The van der Waals surface area contributed by atoms with Gasteiger partial charge in [-0.1, -0.05) is 18.2 Å². The number of benzene rings is 2. The van der Waals surface area contributed by atoms with Gasteiger partial charge in [0.05, 0.1) is 17.7 Å². The molecule has 4 heterocycles. The third kappa shape index (κ3) is 3.44. The number of piperidine rings is 3. The predicted molar refractivity (Wildman–Crippen MR) is 111 cm³/mol. The van der Waals surface area contributed by atoms with Crippen molar-refractivity contribution in [1.29, 1.82) is 5.26 Å². The molecule has 30 heavy (non-hydrogen) atoms. The van der Waals surface area contributed by atoms with Gasteiger partial charge in [0.1, 0.15) is 5.82 Å². The maximum atomic E-state index is 13.6. The Morgan fingerprint density at radius 1 is 1.10 bits per heavy atom. The van der Waals surface area contributed by atoms with Crippen LogP contribution in [0.5, 0.6) is 0 Å².